The van der Waals surface area contributed by atoms with Crippen LogP contribution in [0.3, 0.4) is 0 Å². The van der Waals surface area contributed by atoms with Gasteiger partial charge in [-0.15, -0.1) is 0 Å². The fraction of sp³-hybridized carbons (Fsp3) is 0.778. The third kappa shape index (κ3) is 4.90. The molecule has 3 aliphatic rings. The van der Waals surface area contributed by atoms with Crippen LogP contribution in [0, 0.1) is 5.41 Å². The van der Waals surface area contributed by atoms with Gasteiger partial charge in [-0.05, 0) is 32.2 Å². The van der Waals surface area contributed by atoms with Gasteiger partial charge in [0.2, 0.25) is 0 Å². The standard InChI is InChI=1S/C18H27NO7S/c1-4-18(24-11-17(12-25-18)9-22-13-23-10-17)26-16(2,3)7-8-27-19-14(20)5-6-15(19)21/h5-6H,4,7-13H2,1-3H3. The molecule has 8 nitrogen and oxygen atoms in total. The molecule has 3 aliphatic heterocycles. The SMILES string of the molecule is CCC1(OC(C)(C)CCSN2C(=O)C=CC2=O)OCC2(COCOC2)CO1. The van der Waals surface area contributed by atoms with Crippen LogP contribution >= 0.6 is 11.9 Å². The Kier molecular flexibility index (Phi) is 6.29. The molecule has 0 N–H and O–H groups in total. The highest BCUT2D eigenvalue weighted by Crippen LogP contribution is 2.38. The zero-order valence-corrected chi connectivity index (χ0v) is 16.8. The van der Waals surface area contributed by atoms with Crippen molar-refractivity contribution in [2.75, 3.05) is 39.0 Å². The Morgan fingerprint density at radius 2 is 1.70 bits per heavy atom. The molecule has 152 valence electrons. The number of hydrogen-bond donors (Lipinski definition) is 0. The van der Waals surface area contributed by atoms with Gasteiger partial charge < -0.3 is 23.7 Å². The molecule has 27 heavy (non-hydrogen) atoms. The average molecular weight is 401 g/mol. The van der Waals surface area contributed by atoms with Gasteiger partial charge in [-0.3, -0.25) is 9.59 Å². The van der Waals surface area contributed by atoms with Crippen molar-refractivity contribution in [3.63, 3.8) is 0 Å². The van der Waals surface area contributed by atoms with E-state index < -0.39 is 11.6 Å². The lowest BCUT2D eigenvalue weighted by atomic mass is 9.91. The second-order valence-corrected chi connectivity index (χ2v) is 8.71. The molecule has 9 heteroatoms. The lowest BCUT2D eigenvalue weighted by molar-refractivity contribution is -0.449. The van der Waals surface area contributed by atoms with Gasteiger partial charge in [0.25, 0.3) is 17.8 Å². The van der Waals surface area contributed by atoms with Crippen LogP contribution in [0.4, 0.5) is 0 Å². The van der Waals surface area contributed by atoms with Crippen molar-refractivity contribution in [3.8, 4) is 0 Å². The molecule has 2 fully saturated rings. The maximum absolute atomic E-state index is 11.6. The van der Waals surface area contributed by atoms with Gasteiger partial charge in [0.1, 0.15) is 6.79 Å². The summed E-state index contributed by atoms with van der Waals surface area (Å²) in [6.07, 6.45) is 3.71. The van der Waals surface area contributed by atoms with E-state index in [0.29, 0.717) is 51.8 Å². The van der Waals surface area contributed by atoms with Gasteiger partial charge in [0.15, 0.2) is 0 Å². The highest BCUT2D eigenvalue weighted by Gasteiger charge is 2.48. The zero-order valence-electron chi connectivity index (χ0n) is 16.0. The molecule has 0 unspecified atom stereocenters. The molecule has 0 bridgehead atoms. The fourth-order valence-corrected chi connectivity index (χ4v) is 4.24. The second kappa shape index (κ2) is 8.18. The minimum atomic E-state index is -1.11. The van der Waals surface area contributed by atoms with Crippen molar-refractivity contribution >= 4 is 23.8 Å². The van der Waals surface area contributed by atoms with E-state index in [1.54, 1.807) is 0 Å². The lowest BCUT2D eigenvalue weighted by Gasteiger charge is -2.48. The number of hydrogen-bond acceptors (Lipinski definition) is 8. The van der Waals surface area contributed by atoms with E-state index in [1.807, 2.05) is 20.8 Å². The van der Waals surface area contributed by atoms with Gasteiger partial charge >= 0.3 is 0 Å². The van der Waals surface area contributed by atoms with Crippen LogP contribution in [0.2, 0.25) is 0 Å². The molecule has 2 amide bonds. The number of carbonyl (C=O) groups excluding carboxylic acids is 2. The monoisotopic (exact) mass is 401 g/mol. The highest BCUT2D eigenvalue weighted by atomic mass is 32.2. The summed E-state index contributed by atoms with van der Waals surface area (Å²) in [5, 5.41) is 0. The summed E-state index contributed by atoms with van der Waals surface area (Å²) in [5.74, 6) is -1.15. The molecule has 0 saturated carbocycles. The van der Waals surface area contributed by atoms with Crippen LogP contribution in [0.1, 0.15) is 33.6 Å². The van der Waals surface area contributed by atoms with Crippen molar-refractivity contribution in [2.24, 2.45) is 5.41 Å². The van der Waals surface area contributed by atoms with Crippen LogP contribution < -0.4 is 0 Å². The summed E-state index contributed by atoms with van der Waals surface area (Å²) >= 11 is 1.19. The molecule has 3 heterocycles. The van der Waals surface area contributed by atoms with Gasteiger partial charge in [-0.25, -0.2) is 4.31 Å². The van der Waals surface area contributed by atoms with Gasteiger partial charge in [0, 0.05) is 24.3 Å². The van der Waals surface area contributed by atoms with E-state index in [-0.39, 0.29) is 17.2 Å². The van der Waals surface area contributed by atoms with E-state index in [0.717, 1.165) is 4.31 Å². The zero-order chi connectivity index (χ0) is 19.5. The van der Waals surface area contributed by atoms with Crippen molar-refractivity contribution < 1.29 is 33.3 Å². The number of imide groups is 1. The molecule has 0 aromatic rings. The van der Waals surface area contributed by atoms with Crippen LogP contribution in [-0.2, 0) is 33.3 Å². The molecule has 0 aromatic carbocycles. The quantitative estimate of drug-likeness (QED) is 0.472. The van der Waals surface area contributed by atoms with Gasteiger partial charge in [0.05, 0.1) is 37.4 Å². The minimum Gasteiger partial charge on any atom is -0.355 e. The molecule has 2 saturated heterocycles. The van der Waals surface area contributed by atoms with Crippen LogP contribution in [0.5, 0.6) is 0 Å². The van der Waals surface area contributed by atoms with E-state index in [2.05, 4.69) is 0 Å². The van der Waals surface area contributed by atoms with Crippen LogP contribution in [0.25, 0.3) is 0 Å². The molecule has 3 rings (SSSR count). The first-order valence-corrected chi connectivity index (χ1v) is 10.1. The Labute approximate surface area is 163 Å². The predicted molar refractivity (Wildman–Crippen MR) is 97.4 cm³/mol. The molecule has 0 aliphatic carbocycles. The van der Waals surface area contributed by atoms with Gasteiger partial charge in [-0.2, -0.15) is 0 Å². The number of ether oxygens (including phenoxy) is 5. The van der Waals surface area contributed by atoms with Crippen molar-refractivity contribution in [3.05, 3.63) is 12.2 Å². The Bertz CT molecular complexity index is 573. The van der Waals surface area contributed by atoms with E-state index in [9.17, 15) is 9.59 Å². The third-order valence-corrected chi connectivity index (χ3v) is 5.74. The molecular weight excluding hydrogens is 374 g/mol. The number of carbonyl (C=O) groups is 2. The summed E-state index contributed by atoms with van der Waals surface area (Å²) < 4.78 is 30.2. The van der Waals surface area contributed by atoms with E-state index in [1.165, 1.54) is 24.1 Å². The van der Waals surface area contributed by atoms with E-state index >= 15 is 0 Å². The van der Waals surface area contributed by atoms with Gasteiger partial charge in [-0.1, -0.05) is 6.92 Å². The van der Waals surface area contributed by atoms with Crippen molar-refractivity contribution in [1.82, 2.24) is 4.31 Å². The predicted octanol–water partition coefficient (Wildman–Crippen LogP) is 1.85. The Morgan fingerprint density at radius 1 is 1.11 bits per heavy atom. The first-order valence-electron chi connectivity index (χ1n) is 9.11. The summed E-state index contributed by atoms with van der Waals surface area (Å²) in [7, 11) is 0. The number of rotatable bonds is 7. The smallest absolute Gasteiger partial charge is 0.283 e. The maximum Gasteiger partial charge on any atom is 0.283 e. The molecule has 1 spiro atoms. The van der Waals surface area contributed by atoms with Crippen molar-refractivity contribution in [1.29, 1.82) is 0 Å². The lowest BCUT2D eigenvalue weighted by Crippen LogP contribution is -2.57. The van der Waals surface area contributed by atoms with E-state index in [4.69, 9.17) is 23.7 Å². The Balaban J connectivity index is 1.50. The first kappa shape index (κ1) is 20.8. The number of nitrogens with zero attached hydrogens (tertiary/aromatic N) is 1. The molecule has 0 radical (unpaired) electrons. The minimum absolute atomic E-state index is 0.288. The average Bonchev–Trinajstić information content (AvgIpc) is 2.97. The summed E-state index contributed by atoms with van der Waals surface area (Å²) in [6.45, 7) is 8.10. The first-order chi connectivity index (χ1) is 12.8. The molecular formula is C18H27NO7S. The molecule has 0 aromatic heterocycles. The Morgan fingerprint density at radius 3 is 2.26 bits per heavy atom. The summed E-state index contributed by atoms with van der Waals surface area (Å²) in [5.41, 5.74) is -0.851. The van der Waals surface area contributed by atoms with Crippen LogP contribution in [0.15, 0.2) is 12.2 Å². The third-order valence-electron chi connectivity index (χ3n) is 4.74. The van der Waals surface area contributed by atoms with Crippen LogP contribution in [-0.4, -0.2) is 66.7 Å². The highest BCUT2D eigenvalue weighted by molar-refractivity contribution is 7.98. The summed E-state index contributed by atoms with van der Waals surface area (Å²) in [4.78, 5) is 23.2. The van der Waals surface area contributed by atoms with Crippen molar-refractivity contribution in [2.45, 2.75) is 45.2 Å². The number of amides is 2. The second-order valence-electron chi connectivity index (χ2n) is 7.68. The molecule has 0 atom stereocenters. The Hall–Kier alpha value is -0.970. The normalized spacial score (nSPS) is 24.8. The maximum atomic E-state index is 11.6. The fourth-order valence-electron chi connectivity index (χ4n) is 3.10. The summed E-state index contributed by atoms with van der Waals surface area (Å²) in [6, 6.07) is 0. The largest absolute Gasteiger partial charge is 0.355 e. The topological polar surface area (TPSA) is 83.5 Å².